The molecule has 3 atom stereocenters. The number of carbonyl (C=O) groups excluding carboxylic acids is 1. The summed E-state index contributed by atoms with van der Waals surface area (Å²) in [5, 5.41) is 2.96. The Morgan fingerprint density at radius 2 is 2.50 bits per heavy atom. The van der Waals surface area contributed by atoms with E-state index in [-0.39, 0.29) is 23.9 Å². The number of carbonyl (C=O) groups is 1. The lowest BCUT2D eigenvalue weighted by Gasteiger charge is -2.15. The largest absolute Gasteiger partial charge is 0.347 e. The molecular formula is C11H18N4O. The molecule has 1 aromatic heterocycles. The van der Waals surface area contributed by atoms with Gasteiger partial charge in [0, 0.05) is 24.4 Å². The van der Waals surface area contributed by atoms with Crippen molar-refractivity contribution in [2.45, 2.75) is 38.3 Å². The second-order valence-corrected chi connectivity index (χ2v) is 4.47. The maximum atomic E-state index is 11.9. The van der Waals surface area contributed by atoms with Gasteiger partial charge in [-0.25, -0.2) is 4.98 Å². The minimum absolute atomic E-state index is 0.0701. The van der Waals surface area contributed by atoms with Crippen LogP contribution in [-0.4, -0.2) is 21.9 Å². The molecule has 1 aromatic rings. The van der Waals surface area contributed by atoms with Gasteiger partial charge in [-0.15, -0.1) is 0 Å². The van der Waals surface area contributed by atoms with E-state index < -0.39 is 0 Å². The van der Waals surface area contributed by atoms with Gasteiger partial charge < -0.3 is 16.0 Å². The Labute approximate surface area is 94.8 Å². The van der Waals surface area contributed by atoms with E-state index >= 15 is 0 Å². The first-order valence-electron chi connectivity index (χ1n) is 5.72. The fourth-order valence-electron chi connectivity index (χ4n) is 2.17. The maximum absolute atomic E-state index is 11.9. The Balaban J connectivity index is 1.88. The average molecular weight is 222 g/mol. The Kier molecular flexibility index (Phi) is 3.24. The summed E-state index contributed by atoms with van der Waals surface area (Å²) in [6.45, 7) is 1.92. The van der Waals surface area contributed by atoms with Gasteiger partial charge in [-0.1, -0.05) is 0 Å². The SMILES string of the molecule is CC(NC(=O)C1CCC(N)C1)c1ncc[nH]1. The minimum Gasteiger partial charge on any atom is -0.347 e. The molecule has 1 fully saturated rings. The maximum Gasteiger partial charge on any atom is 0.223 e. The highest BCUT2D eigenvalue weighted by molar-refractivity contribution is 5.79. The van der Waals surface area contributed by atoms with Crippen molar-refractivity contribution in [2.24, 2.45) is 11.7 Å². The molecule has 1 saturated carbocycles. The summed E-state index contributed by atoms with van der Waals surface area (Å²) in [7, 11) is 0. The van der Waals surface area contributed by atoms with Crippen molar-refractivity contribution in [2.75, 3.05) is 0 Å². The molecule has 88 valence electrons. The Morgan fingerprint density at radius 1 is 1.69 bits per heavy atom. The van der Waals surface area contributed by atoms with Crippen LogP contribution in [0.15, 0.2) is 12.4 Å². The zero-order valence-corrected chi connectivity index (χ0v) is 9.44. The number of rotatable bonds is 3. The number of aromatic amines is 1. The van der Waals surface area contributed by atoms with Crippen molar-refractivity contribution in [3.8, 4) is 0 Å². The smallest absolute Gasteiger partial charge is 0.223 e. The van der Waals surface area contributed by atoms with Crippen LogP contribution in [0.4, 0.5) is 0 Å². The predicted molar refractivity (Wildman–Crippen MR) is 60.5 cm³/mol. The molecule has 0 spiro atoms. The number of hydrogen-bond donors (Lipinski definition) is 3. The summed E-state index contributed by atoms with van der Waals surface area (Å²) >= 11 is 0. The van der Waals surface area contributed by atoms with Crippen molar-refractivity contribution in [1.29, 1.82) is 0 Å². The summed E-state index contributed by atoms with van der Waals surface area (Å²) in [6, 6.07) is 0.119. The zero-order valence-electron chi connectivity index (χ0n) is 9.44. The van der Waals surface area contributed by atoms with Crippen LogP contribution in [0, 0.1) is 5.92 Å². The quantitative estimate of drug-likeness (QED) is 0.704. The van der Waals surface area contributed by atoms with Crippen LogP contribution in [-0.2, 0) is 4.79 Å². The van der Waals surface area contributed by atoms with Crippen LogP contribution in [0.3, 0.4) is 0 Å². The summed E-state index contributed by atoms with van der Waals surface area (Å²) in [5.74, 6) is 0.958. The van der Waals surface area contributed by atoms with E-state index in [1.54, 1.807) is 12.4 Å². The van der Waals surface area contributed by atoms with Crippen LogP contribution in [0.5, 0.6) is 0 Å². The molecule has 3 unspecified atom stereocenters. The van der Waals surface area contributed by atoms with Crippen LogP contribution >= 0.6 is 0 Å². The number of nitrogens with one attached hydrogen (secondary N) is 2. The van der Waals surface area contributed by atoms with Gasteiger partial charge in [0.05, 0.1) is 6.04 Å². The minimum atomic E-state index is -0.0701. The third kappa shape index (κ3) is 2.41. The highest BCUT2D eigenvalue weighted by atomic mass is 16.1. The average Bonchev–Trinajstić information content (AvgIpc) is 2.87. The van der Waals surface area contributed by atoms with Gasteiger partial charge in [-0.05, 0) is 26.2 Å². The molecule has 2 rings (SSSR count). The molecular weight excluding hydrogens is 204 g/mol. The summed E-state index contributed by atoms with van der Waals surface area (Å²) in [5.41, 5.74) is 5.79. The number of imidazole rings is 1. The standard InChI is InChI=1S/C11H18N4O/c1-7(10-13-4-5-14-10)15-11(16)8-2-3-9(12)6-8/h4-5,7-9H,2-3,6,12H2,1H3,(H,13,14)(H,15,16). The first-order valence-corrected chi connectivity index (χ1v) is 5.72. The molecule has 5 nitrogen and oxygen atoms in total. The molecule has 0 radical (unpaired) electrons. The second-order valence-electron chi connectivity index (χ2n) is 4.47. The number of nitrogens with two attached hydrogens (primary N) is 1. The normalized spacial score (nSPS) is 26.6. The Bertz CT molecular complexity index is 349. The second kappa shape index (κ2) is 4.65. The highest BCUT2D eigenvalue weighted by Crippen LogP contribution is 2.24. The number of aromatic nitrogens is 2. The van der Waals surface area contributed by atoms with Gasteiger partial charge in [0.15, 0.2) is 0 Å². The zero-order chi connectivity index (χ0) is 11.5. The van der Waals surface area contributed by atoms with Crippen molar-refractivity contribution >= 4 is 5.91 Å². The molecule has 5 heteroatoms. The molecule has 1 amide bonds. The molecule has 1 aliphatic carbocycles. The van der Waals surface area contributed by atoms with E-state index in [0.717, 1.165) is 25.1 Å². The summed E-state index contributed by atoms with van der Waals surface area (Å²) in [6.07, 6.45) is 6.09. The summed E-state index contributed by atoms with van der Waals surface area (Å²) in [4.78, 5) is 19.0. The van der Waals surface area contributed by atoms with Gasteiger partial charge >= 0.3 is 0 Å². The molecule has 0 saturated heterocycles. The van der Waals surface area contributed by atoms with Crippen molar-refractivity contribution < 1.29 is 4.79 Å². The van der Waals surface area contributed by atoms with Gasteiger partial charge in [0.1, 0.15) is 5.82 Å². The van der Waals surface area contributed by atoms with Crippen molar-refractivity contribution in [1.82, 2.24) is 15.3 Å². The first kappa shape index (κ1) is 11.1. The molecule has 0 bridgehead atoms. The number of H-pyrrole nitrogens is 1. The van der Waals surface area contributed by atoms with Crippen LogP contribution in [0.1, 0.15) is 38.1 Å². The molecule has 0 aromatic carbocycles. The van der Waals surface area contributed by atoms with E-state index in [0.29, 0.717) is 0 Å². The fraction of sp³-hybridized carbons (Fsp3) is 0.636. The number of hydrogen-bond acceptors (Lipinski definition) is 3. The lowest BCUT2D eigenvalue weighted by Crippen LogP contribution is -2.32. The Hall–Kier alpha value is -1.36. The molecule has 4 N–H and O–H groups in total. The van der Waals surface area contributed by atoms with Crippen LogP contribution in [0.25, 0.3) is 0 Å². The third-order valence-corrected chi connectivity index (χ3v) is 3.13. The van der Waals surface area contributed by atoms with Crippen LogP contribution in [0.2, 0.25) is 0 Å². The Morgan fingerprint density at radius 3 is 3.06 bits per heavy atom. The van der Waals surface area contributed by atoms with Gasteiger partial charge in [0.2, 0.25) is 5.91 Å². The molecule has 1 heterocycles. The fourth-order valence-corrected chi connectivity index (χ4v) is 2.17. The lowest BCUT2D eigenvalue weighted by atomic mass is 10.1. The molecule has 1 aliphatic rings. The van der Waals surface area contributed by atoms with E-state index in [9.17, 15) is 4.79 Å². The van der Waals surface area contributed by atoms with Crippen LogP contribution < -0.4 is 11.1 Å². The number of amides is 1. The van der Waals surface area contributed by atoms with Crippen molar-refractivity contribution in [3.63, 3.8) is 0 Å². The third-order valence-electron chi connectivity index (χ3n) is 3.13. The van der Waals surface area contributed by atoms with Crippen molar-refractivity contribution in [3.05, 3.63) is 18.2 Å². The highest BCUT2D eigenvalue weighted by Gasteiger charge is 2.28. The van der Waals surface area contributed by atoms with E-state index in [1.807, 2.05) is 6.92 Å². The van der Waals surface area contributed by atoms with Gasteiger partial charge in [0.25, 0.3) is 0 Å². The lowest BCUT2D eigenvalue weighted by molar-refractivity contribution is -0.125. The van der Waals surface area contributed by atoms with E-state index in [4.69, 9.17) is 5.73 Å². The van der Waals surface area contributed by atoms with E-state index in [1.165, 1.54) is 0 Å². The first-order chi connectivity index (χ1) is 7.66. The monoisotopic (exact) mass is 222 g/mol. The van der Waals surface area contributed by atoms with Gasteiger partial charge in [-0.2, -0.15) is 0 Å². The van der Waals surface area contributed by atoms with Gasteiger partial charge in [-0.3, -0.25) is 4.79 Å². The molecule has 16 heavy (non-hydrogen) atoms. The molecule has 0 aliphatic heterocycles. The number of nitrogens with zero attached hydrogens (tertiary/aromatic N) is 1. The summed E-state index contributed by atoms with van der Waals surface area (Å²) < 4.78 is 0. The van der Waals surface area contributed by atoms with E-state index in [2.05, 4.69) is 15.3 Å². The topological polar surface area (TPSA) is 83.8 Å². The predicted octanol–water partition coefficient (Wildman–Crippen LogP) is 0.714.